The van der Waals surface area contributed by atoms with Crippen LogP contribution in [-0.4, -0.2) is 24.0 Å². The van der Waals surface area contributed by atoms with Gasteiger partial charge in [0.15, 0.2) is 0 Å². The third kappa shape index (κ3) is 3.78. The van der Waals surface area contributed by atoms with Crippen LogP contribution in [0.15, 0.2) is 72.3 Å². The van der Waals surface area contributed by atoms with Gasteiger partial charge in [0.1, 0.15) is 12.2 Å². The third-order valence-electron chi connectivity index (χ3n) is 4.39. The summed E-state index contributed by atoms with van der Waals surface area (Å²) in [6.45, 7) is -1.32. The maximum absolute atomic E-state index is 12.6. The monoisotopic (exact) mass is 348 g/mol. The SMILES string of the molecule is OC(C1=CCCC1OCC(F)(F)F)(c1ccccc1)c1ccccc1. The topological polar surface area (TPSA) is 29.5 Å². The minimum Gasteiger partial charge on any atom is -0.376 e. The van der Waals surface area contributed by atoms with Crippen LogP contribution >= 0.6 is 0 Å². The van der Waals surface area contributed by atoms with E-state index in [4.69, 9.17) is 4.74 Å². The highest BCUT2D eigenvalue weighted by Crippen LogP contribution is 2.43. The number of ether oxygens (including phenoxy) is 1. The summed E-state index contributed by atoms with van der Waals surface area (Å²) in [4.78, 5) is 0. The maximum atomic E-state index is 12.6. The molecule has 3 rings (SSSR count). The summed E-state index contributed by atoms with van der Waals surface area (Å²) in [5.41, 5.74) is 0.161. The molecule has 0 saturated carbocycles. The number of rotatable bonds is 5. The normalized spacial score (nSPS) is 18.2. The molecule has 0 bridgehead atoms. The first-order valence-electron chi connectivity index (χ1n) is 8.13. The van der Waals surface area contributed by atoms with Gasteiger partial charge in [-0.1, -0.05) is 66.7 Å². The zero-order valence-electron chi connectivity index (χ0n) is 13.5. The number of allylic oxidation sites excluding steroid dienone is 1. The van der Waals surface area contributed by atoms with E-state index in [-0.39, 0.29) is 0 Å². The average molecular weight is 348 g/mol. The van der Waals surface area contributed by atoms with Crippen LogP contribution in [0.25, 0.3) is 0 Å². The highest BCUT2D eigenvalue weighted by Gasteiger charge is 2.42. The van der Waals surface area contributed by atoms with Gasteiger partial charge in [0, 0.05) is 0 Å². The van der Waals surface area contributed by atoms with Gasteiger partial charge < -0.3 is 9.84 Å². The van der Waals surface area contributed by atoms with Crippen LogP contribution < -0.4 is 0 Å². The Labute approximate surface area is 144 Å². The van der Waals surface area contributed by atoms with Gasteiger partial charge >= 0.3 is 6.18 Å². The van der Waals surface area contributed by atoms with Gasteiger partial charge in [0.05, 0.1) is 6.10 Å². The molecule has 2 aromatic carbocycles. The van der Waals surface area contributed by atoms with Crippen molar-refractivity contribution >= 4 is 0 Å². The van der Waals surface area contributed by atoms with Crippen molar-refractivity contribution in [3.8, 4) is 0 Å². The second-order valence-corrected chi connectivity index (χ2v) is 6.09. The predicted molar refractivity (Wildman–Crippen MR) is 89.0 cm³/mol. The van der Waals surface area contributed by atoms with Crippen LogP contribution in [0.2, 0.25) is 0 Å². The smallest absolute Gasteiger partial charge is 0.376 e. The van der Waals surface area contributed by atoms with Crippen molar-refractivity contribution in [3.05, 3.63) is 83.4 Å². The molecule has 0 aromatic heterocycles. The molecule has 1 aliphatic carbocycles. The second kappa shape index (κ2) is 7.02. The van der Waals surface area contributed by atoms with E-state index in [9.17, 15) is 18.3 Å². The lowest BCUT2D eigenvalue weighted by atomic mass is 9.79. The van der Waals surface area contributed by atoms with Crippen LogP contribution in [0, 0.1) is 0 Å². The molecular formula is C20H19F3O2. The van der Waals surface area contributed by atoms with Gasteiger partial charge in [-0.2, -0.15) is 13.2 Å². The van der Waals surface area contributed by atoms with E-state index >= 15 is 0 Å². The second-order valence-electron chi connectivity index (χ2n) is 6.09. The zero-order valence-corrected chi connectivity index (χ0v) is 13.5. The number of hydrogen-bond donors (Lipinski definition) is 1. The Morgan fingerprint density at radius 1 is 0.920 bits per heavy atom. The lowest BCUT2D eigenvalue weighted by molar-refractivity contribution is -0.183. The molecule has 2 aromatic rings. The average Bonchev–Trinajstić information content (AvgIpc) is 3.09. The van der Waals surface area contributed by atoms with E-state index < -0.39 is 24.5 Å². The van der Waals surface area contributed by atoms with Gasteiger partial charge in [-0.25, -0.2) is 0 Å². The number of benzene rings is 2. The van der Waals surface area contributed by atoms with E-state index in [0.29, 0.717) is 29.5 Å². The van der Waals surface area contributed by atoms with Crippen LogP contribution in [0.1, 0.15) is 24.0 Å². The fourth-order valence-electron chi connectivity index (χ4n) is 3.28. The molecule has 5 heteroatoms. The Hall–Kier alpha value is -2.11. The predicted octanol–water partition coefficient (Wildman–Crippen LogP) is 4.59. The Morgan fingerprint density at radius 3 is 1.92 bits per heavy atom. The molecule has 2 nitrogen and oxygen atoms in total. The van der Waals surface area contributed by atoms with Gasteiger partial charge in [-0.05, 0) is 29.5 Å². The first-order valence-corrected chi connectivity index (χ1v) is 8.13. The standard InChI is InChI=1S/C20H19F3O2/c21-19(22,23)14-25-18-13-7-12-17(18)20(24,15-8-3-1-4-9-15)16-10-5-2-6-11-16/h1-6,8-12,18,24H,7,13-14H2. The minimum absolute atomic E-state index is 0.424. The maximum Gasteiger partial charge on any atom is 0.411 e. The fraction of sp³-hybridized carbons (Fsp3) is 0.300. The molecule has 1 unspecified atom stereocenters. The summed E-state index contributed by atoms with van der Waals surface area (Å²) in [7, 11) is 0. The molecule has 25 heavy (non-hydrogen) atoms. The van der Waals surface area contributed by atoms with Gasteiger partial charge in [-0.15, -0.1) is 0 Å². The van der Waals surface area contributed by atoms with Crippen molar-refractivity contribution in [1.29, 1.82) is 0 Å². The summed E-state index contributed by atoms with van der Waals surface area (Å²) >= 11 is 0. The molecule has 1 aliphatic rings. The number of halogens is 3. The summed E-state index contributed by atoms with van der Waals surface area (Å²) < 4.78 is 42.8. The van der Waals surface area contributed by atoms with Crippen LogP contribution in [0.3, 0.4) is 0 Å². The molecular weight excluding hydrogens is 329 g/mol. The fourth-order valence-corrected chi connectivity index (χ4v) is 3.28. The highest BCUT2D eigenvalue weighted by molar-refractivity contribution is 5.47. The first kappa shape index (κ1) is 17.7. The van der Waals surface area contributed by atoms with Gasteiger partial charge in [0.2, 0.25) is 0 Å². The largest absolute Gasteiger partial charge is 0.411 e. The molecule has 0 fully saturated rings. The van der Waals surface area contributed by atoms with Crippen molar-refractivity contribution < 1.29 is 23.0 Å². The van der Waals surface area contributed by atoms with Crippen molar-refractivity contribution in [2.75, 3.05) is 6.61 Å². The molecule has 1 N–H and O–H groups in total. The van der Waals surface area contributed by atoms with Crippen molar-refractivity contribution in [3.63, 3.8) is 0 Å². The van der Waals surface area contributed by atoms with Gasteiger partial charge in [-0.3, -0.25) is 0 Å². The number of hydrogen-bond acceptors (Lipinski definition) is 2. The Balaban J connectivity index is 2.00. The molecule has 0 heterocycles. The Bertz CT molecular complexity index is 684. The third-order valence-corrected chi connectivity index (χ3v) is 4.39. The minimum atomic E-state index is -4.40. The summed E-state index contributed by atoms with van der Waals surface area (Å²) in [5, 5.41) is 11.6. The molecule has 132 valence electrons. The van der Waals surface area contributed by atoms with Gasteiger partial charge in [0.25, 0.3) is 0 Å². The van der Waals surface area contributed by atoms with E-state index in [1.165, 1.54) is 0 Å². The van der Waals surface area contributed by atoms with E-state index in [1.54, 1.807) is 54.6 Å². The first-order chi connectivity index (χ1) is 11.9. The molecule has 0 aliphatic heterocycles. The summed E-state index contributed by atoms with van der Waals surface area (Å²) in [6, 6.07) is 17.9. The quantitative estimate of drug-likeness (QED) is 0.801. The Kier molecular flexibility index (Phi) is 4.97. The van der Waals surface area contributed by atoms with Crippen LogP contribution in [0.5, 0.6) is 0 Å². The summed E-state index contributed by atoms with van der Waals surface area (Å²) in [5.74, 6) is 0. The lowest BCUT2D eigenvalue weighted by Gasteiger charge is -2.34. The molecule has 0 amide bonds. The van der Waals surface area contributed by atoms with Crippen molar-refractivity contribution in [2.24, 2.45) is 0 Å². The van der Waals surface area contributed by atoms with E-state index in [1.807, 2.05) is 12.1 Å². The molecule has 0 spiro atoms. The van der Waals surface area contributed by atoms with E-state index in [2.05, 4.69) is 0 Å². The number of alkyl halides is 3. The Morgan fingerprint density at radius 2 is 1.44 bits per heavy atom. The van der Waals surface area contributed by atoms with E-state index in [0.717, 1.165) is 0 Å². The van der Waals surface area contributed by atoms with Crippen molar-refractivity contribution in [1.82, 2.24) is 0 Å². The molecule has 0 radical (unpaired) electrons. The lowest BCUT2D eigenvalue weighted by Crippen LogP contribution is -2.36. The zero-order chi connectivity index (χ0) is 17.9. The summed E-state index contributed by atoms with van der Waals surface area (Å²) in [6.07, 6.45) is -2.38. The van der Waals surface area contributed by atoms with Crippen LogP contribution in [0.4, 0.5) is 13.2 Å². The molecule has 0 saturated heterocycles. The molecule has 1 atom stereocenters. The van der Waals surface area contributed by atoms with Crippen molar-refractivity contribution in [2.45, 2.75) is 30.7 Å². The highest BCUT2D eigenvalue weighted by atomic mass is 19.4. The number of aliphatic hydroxyl groups is 1. The van der Waals surface area contributed by atoms with Crippen LogP contribution in [-0.2, 0) is 10.3 Å².